The Hall–Kier alpha value is -3.72. The van der Waals surface area contributed by atoms with Gasteiger partial charge in [-0.05, 0) is 55.6 Å². The summed E-state index contributed by atoms with van der Waals surface area (Å²) in [5, 5.41) is 6.65. The number of aromatic nitrogens is 4. The number of hydrogen-bond donors (Lipinski definition) is 2. The molecule has 168 valence electrons. The van der Waals surface area contributed by atoms with Crippen LogP contribution in [-0.4, -0.2) is 40.1 Å². The Morgan fingerprint density at radius 2 is 1.91 bits per heavy atom. The molecule has 0 saturated heterocycles. The number of nitrogens with one attached hydrogen (secondary N) is 2. The van der Waals surface area contributed by atoms with Crippen LogP contribution in [0.1, 0.15) is 24.3 Å². The highest BCUT2D eigenvalue weighted by atomic mass is 19.1. The van der Waals surface area contributed by atoms with Gasteiger partial charge in [0.2, 0.25) is 5.88 Å². The molecule has 0 bridgehead atoms. The first-order valence-corrected chi connectivity index (χ1v) is 10.7. The van der Waals surface area contributed by atoms with Crippen molar-refractivity contribution in [3.8, 4) is 17.3 Å². The fourth-order valence-corrected chi connectivity index (χ4v) is 3.64. The van der Waals surface area contributed by atoms with Crippen LogP contribution in [0.25, 0.3) is 22.3 Å². The molecule has 0 unspecified atom stereocenters. The quantitative estimate of drug-likeness (QED) is 0.382. The van der Waals surface area contributed by atoms with E-state index in [0.29, 0.717) is 41.9 Å². The minimum Gasteiger partial charge on any atom is -0.476 e. The topological polar surface area (TPSA) is 84.9 Å². The van der Waals surface area contributed by atoms with Crippen LogP contribution in [0.5, 0.6) is 5.88 Å². The highest BCUT2D eigenvalue weighted by molar-refractivity contribution is 5.88. The summed E-state index contributed by atoms with van der Waals surface area (Å²) in [7, 11) is 1.86. The van der Waals surface area contributed by atoms with Crippen LogP contribution in [0, 0.1) is 11.6 Å². The Bertz CT molecular complexity index is 1290. The van der Waals surface area contributed by atoms with Crippen molar-refractivity contribution in [2.75, 3.05) is 25.5 Å². The summed E-state index contributed by atoms with van der Waals surface area (Å²) in [6, 6.07) is 7.05. The molecule has 0 radical (unpaired) electrons. The monoisotopic (exact) mass is 448 g/mol. The number of halogens is 2. The second kappa shape index (κ2) is 9.03. The van der Waals surface area contributed by atoms with Gasteiger partial charge < -0.3 is 15.4 Å². The van der Waals surface area contributed by atoms with E-state index in [4.69, 9.17) is 14.7 Å². The highest BCUT2D eigenvalue weighted by Gasteiger charge is 2.28. The number of pyridine rings is 2. The molecule has 9 heteroatoms. The third-order valence-electron chi connectivity index (χ3n) is 5.44. The van der Waals surface area contributed by atoms with Gasteiger partial charge in [-0.2, -0.15) is 4.98 Å². The molecule has 3 aromatic heterocycles. The summed E-state index contributed by atoms with van der Waals surface area (Å²) in [6.07, 6.45) is 7.33. The molecule has 4 aromatic rings. The fourth-order valence-electron chi connectivity index (χ4n) is 3.64. The van der Waals surface area contributed by atoms with Crippen molar-refractivity contribution in [1.29, 1.82) is 0 Å². The second-order valence-corrected chi connectivity index (χ2v) is 7.85. The molecule has 7 nitrogen and oxygen atoms in total. The number of ether oxygens (including phenoxy) is 1. The second-order valence-electron chi connectivity index (χ2n) is 7.85. The van der Waals surface area contributed by atoms with Gasteiger partial charge in [0.25, 0.3) is 0 Å². The van der Waals surface area contributed by atoms with Gasteiger partial charge in [0, 0.05) is 24.5 Å². The van der Waals surface area contributed by atoms with Gasteiger partial charge >= 0.3 is 0 Å². The molecule has 1 aliphatic rings. The van der Waals surface area contributed by atoms with Crippen LogP contribution >= 0.6 is 0 Å². The Morgan fingerprint density at radius 1 is 1.09 bits per heavy atom. The van der Waals surface area contributed by atoms with Crippen LogP contribution in [0.4, 0.5) is 20.3 Å². The average Bonchev–Trinajstić information content (AvgIpc) is 3.67. The van der Waals surface area contributed by atoms with Crippen molar-refractivity contribution in [2.24, 2.45) is 0 Å². The molecule has 1 aliphatic carbocycles. The average molecular weight is 448 g/mol. The van der Waals surface area contributed by atoms with E-state index in [-0.39, 0.29) is 11.5 Å². The zero-order valence-corrected chi connectivity index (χ0v) is 18.0. The van der Waals surface area contributed by atoms with Crippen LogP contribution in [0.2, 0.25) is 0 Å². The van der Waals surface area contributed by atoms with Crippen molar-refractivity contribution in [1.82, 2.24) is 25.3 Å². The lowest BCUT2D eigenvalue weighted by atomic mass is 10.1. The van der Waals surface area contributed by atoms with Gasteiger partial charge in [0.05, 0.1) is 17.1 Å². The minimum absolute atomic E-state index is 0.266. The van der Waals surface area contributed by atoms with Gasteiger partial charge in [-0.3, -0.25) is 4.98 Å². The van der Waals surface area contributed by atoms with E-state index in [1.165, 1.54) is 24.4 Å². The van der Waals surface area contributed by atoms with Crippen molar-refractivity contribution in [2.45, 2.75) is 18.8 Å². The number of fused-ring (bicyclic) bond motifs is 1. The molecule has 33 heavy (non-hydrogen) atoms. The molecule has 2 N–H and O–H groups in total. The summed E-state index contributed by atoms with van der Waals surface area (Å²) < 4.78 is 34.1. The third-order valence-corrected chi connectivity index (χ3v) is 5.44. The van der Waals surface area contributed by atoms with Crippen LogP contribution < -0.4 is 15.4 Å². The molecule has 3 heterocycles. The van der Waals surface area contributed by atoms with E-state index in [9.17, 15) is 8.78 Å². The minimum atomic E-state index is -0.706. The maximum absolute atomic E-state index is 14.1. The van der Waals surface area contributed by atoms with E-state index >= 15 is 0 Å². The first kappa shape index (κ1) is 21.1. The zero-order chi connectivity index (χ0) is 22.8. The number of likely N-dealkylation sites (N-methyl/N-ethyl adjacent to an activating group) is 1. The molecule has 5 rings (SSSR count). The van der Waals surface area contributed by atoms with E-state index < -0.39 is 11.6 Å². The SMILES string of the molecule is CNCCOc1nc(-c2ccnc(Nc3c(F)cccc3F)c2)nc2cncc(C3CC3)c12. The standard InChI is InChI=1S/C24H22F2N6O/c1-27-9-10-33-24-21-16(14-5-6-14)12-28-13-19(21)30-23(32-24)15-7-8-29-20(11-15)31-22-17(25)3-2-4-18(22)26/h2-4,7-8,11-14,27H,5-6,9-10H2,1H3,(H,29,31). The predicted octanol–water partition coefficient (Wildman–Crippen LogP) is 4.58. The Labute approximate surface area is 189 Å². The molecule has 1 aromatic carbocycles. The van der Waals surface area contributed by atoms with Crippen molar-refractivity contribution in [3.63, 3.8) is 0 Å². The largest absolute Gasteiger partial charge is 0.476 e. The Morgan fingerprint density at radius 3 is 2.67 bits per heavy atom. The van der Waals surface area contributed by atoms with Gasteiger partial charge in [0.15, 0.2) is 5.82 Å². The lowest BCUT2D eigenvalue weighted by Gasteiger charge is -2.13. The molecule has 1 fully saturated rings. The Kier molecular flexibility index (Phi) is 5.78. The van der Waals surface area contributed by atoms with Crippen molar-refractivity contribution < 1.29 is 13.5 Å². The first-order valence-electron chi connectivity index (χ1n) is 10.7. The smallest absolute Gasteiger partial charge is 0.225 e. The number of rotatable bonds is 8. The van der Waals surface area contributed by atoms with Gasteiger partial charge in [-0.1, -0.05) is 6.07 Å². The summed E-state index contributed by atoms with van der Waals surface area (Å²) in [4.78, 5) is 18.0. The maximum Gasteiger partial charge on any atom is 0.225 e. The summed E-state index contributed by atoms with van der Waals surface area (Å²) in [5.74, 6) is 0.223. The normalized spacial score (nSPS) is 13.3. The lowest BCUT2D eigenvalue weighted by molar-refractivity contribution is 0.310. The van der Waals surface area contributed by atoms with Crippen molar-refractivity contribution >= 4 is 22.4 Å². The fraction of sp³-hybridized carbons (Fsp3) is 0.250. The van der Waals surface area contributed by atoms with E-state index in [0.717, 1.165) is 23.8 Å². The molecule has 0 aliphatic heterocycles. The molecule has 0 amide bonds. The highest BCUT2D eigenvalue weighted by Crippen LogP contribution is 2.44. The summed E-state index contributed by atoms with van der Waals surface area (Å²) in [6.45, 7) is 1.12. The van der Waals surface area contributed by atoms with Gasteiger partial charge in [-0.25, -0.2) is 18.7 Å². The number of hydrogen-bond acceptors (Lipinski definition) is 7. The maximum atomic E-state index is 14.1. The third kappa shape index (κ3) is 4.45. The first-order chi connectivity index (χ1) is 16.1. The van der Waals surface area contributed by atoms with Crippen molar-refractivity contribution in [3.05, 3.63) is 66.1 Å². The van der Waals surface area contributed by atoms with Gasteiger partial charge in [0.1, 0.15) is 29.7 Å². The number of benzene rings is 1. The van der Waals surface area contributed by atoms with E-state index in [1.54, 1.807) is 18.3 Å². The molecule has 0 spiro atoms. The summed E-state index contributed by atoms with van der Waals surface area (Å²) in [5.41, 5.74) is 2.15. The molecule has 0 atom stereocenters. The zero-order valence-electron chi connectivity index (χ0n) is 18.0. The van der Waals surface area contributed by atoms with E-state index in [1.807, 2.05) is 13.2 Å². The molecular formula is C24H22F2N6O. The number of nitrogens with zero attached hydrogens (tertiary/aromatic N) is 4. The van der Waals surface area contributed by atoms with Gasteiger partial charge in [-0.15, -0.1) is 0 Å². The summed E-state index contributed by atoms with van der Waals surface area (Å²) >= 11 is 0. The lowest BCUT2D eigenvalue weighted by Crippen LogP contribution is -2.17. The Balaban J connectivity index is 1.55. The van der Waals surface area contributed by atoms with Crippen LogP contribution in [0.3, 0.4) is 0 Å². The predicted molar refractivity (Wildman–Crippen MR) is 122 cm³/mol. The number of para-hydroxylation sites is 1. The molecule has 1 saturated carbocycles. The molecular weight excluding hydrogens is 426 g/mol. The van der Waals surface area contributed by atoms with Crippen LogP contribution in [0.15, 0.2) is 48.9 Å². The number of anilines is 2. The van der Waals surface area contributed by atoms with Crippen LogP contribution in [-0.2, 0) is 0 Å². The van der Waals surface area contributed by atoms with E-state index in [2.05, 4.69) is 20.6 Å².